The zero-order chi connectivity index (χ0) is 19.3. The summed E-state index contributed by atoms with van der Waals surface area (Å²) in [5.41, 5.74) is -0.831. The molecule has 0 atom stereocenters. The Labute approximate surface area is 153 Å². The van der Waals surface area contributed by atoms with Crippen LogP contribution >= 0.6 is 11.8 Å². The van der Waals surface area contributed by atoms with E-state index < -0.39 is 31.3 Å². The van der Waals surface area contributed by atoms with Crippen LogP contribution in [0.15, 0.2) is 52.3 Å². The Hall–Kier alpha value is -2.46. The maximum atomic E-state index is 13.5. The lowest BCUT2D eigenvalue weighted by Gasteiger charge is -2.07. The van der Waals surface area contributed by atoms with Gasteiger partial charge in [-0.15, -0.1) is 11.8 Å². The van der Waals surface area contributed by atoms with Gasteiger partial charge in [0.05, 0.1) is 10.5 Å². The van der Waals surface area contributed by atoms with Crippen LogP contribution in [-0.2, 0) is 14.6 Å². The summed E-state index contributed by atoms with van der Waals surface area (Å²) in [7, 11) is -3.81. The van der Waals surface area contributed by atoms with E-state index in [-0.39, 0.29) is 23.7 Å². The first-order valence-corrected chi connectivity index (χ1v) is 10.1. The highest BCUT2D eigenvalue weighted by Gasteiger charge is 2.24. The summed E-state index contributed by atoms with van der Waals surface area (Å²) in [6.45, 7) is -0.0422. The van der Waals surface area contributed by atoms with Gasteiger partial charge in [-0.05, 0) is 24.3 Å². The minimum absolute atomic E-state index is 0.0422. The molecule has 0 aromatic heterocycles. The Balaban J connectivity index is 2.02. The second kappa shape index (κ2) is 8.28. The quantitative estimate of drug-likeness (QED) is 0.232. The third kappa shape index (κ3) is 5.02. The number of nitrogens with zero attached hydrogens (tertiary/aromatic N) is 1. The van der Waals surface area contributed by atoms with Gasteiger partial charge in [0.1, 0.15) is 17.3 Å². The Morgan fingerprint density at radius 3 is 2.58 bits per heavy atom. The monoisotopic (exact) mass is 399 g/mol. The number of sulfone groups is 1. The van der Waals surface area contributed by atoms with Crippen LogP contribution in [0.1, 0.15) is 10.4 Å². The number of carbonyl (C=O) groups excluding carboxylic acids is 1. The van der Waals surface area contributed by atoms with Gasteiger partial charge in [-0.25, -0.2) is 17.6 Å². The van der Waals surface area contributed by atoms with Crippen molar-refractivity contribution in [2.75, 3.05) is 18.6 Å². The molecule has 0 saturated heterocycles. The van der Waals surface area contributed by atoms with Crippen molar-refractivity contribution in [3.05, 3.63) is 64.0 Å². The molecule has 10 heteroatoms. The van der Waals surface area contributed by atoms with Crippen LogP contribution in [0.5, 0.6) is 0 Å². The highest BCUT2D eigenvalue weighted by molar-refractivity contribution is 7.99. The molecule has 2 aromatic rings. The molecule has 0 aliphatic carbocycles. The molecule has 138 valence electrons. The fourth-order valence-electron chi connectivity index (χ4n) is 2.03. The number of hydrogen-bond donors (Lipinski definition) is 0. The lowest BCUT2D eigenvalue weighted by Crippen LogP contribution is -2.10. The first-order valence-electron chi connectivity index (χ1n) is 7.23. The smallest absolute Gasteiger partial charge is 0.338 e. The molecule has 2 rings (SSSR count). The summed E-state index contributed by atoms with van der Waals surface area (Å²) in [6, 6.07) is 9.16. The summed E-state index contributed by atoms with van der Waals surface area (Å²) < 4.78 is 41.6. The van der Waals surface area contributed by atoms with Crippen molar-refractivity contribution >= 4 is 33.3 Å². The summed E-state index contributed by atoms with van der Waals surface area (Å²) in [4.78, 5) is 22.1. The largest absolute Gasteiger partial charge is 0.461 e. The Morgan fingerprint density at radius 2 is 1.96 bits per heavy atom. The molecular weight excluding hydrogens is 385 g/mol. The Bertz CT molecular complexity index is 946. The maximum Gasteiger partial charge on any atom is 0.338 e. The lowest BCUT2D eigenvalue weighted by atomic mass is 10.2. The Kier molecular flexibility index (Phi) is 6.32. The molecule has 0 spiro atoms. The van der Waals surface area contributed by atoms with Crippen molar-refractivity contribution in [3.8, 4) is 0 Å². The predicted molar refractivity (Wildman–Crippen MR) is 93.6 cm³/mol. The van der Waals surface area contributed by atoms with E-state index in [2.05, 4.69) is 0 Å². The van der Waals surface area contributed by atoms with Crippen LogP contribution in [0, 0.1) is 15.9 Å². The molecule has 0 aliphatic heterocycles. The maximum absolute atomic E-state index is 13.5. The summed E-state index contributed by atoms with van der Waals surface area (Å²) >= 11 is 1.16. The first-order chi connectivity index (χ1) is 12.2. The average molecular weight is 399 g/mol. The zero-order valence-electron chi connectivity index (χ0n) is 13.5. The van der Waals surface area contributed by atoms with Gasteiger partial charge in [-0.3, -0.25) is 10.1 Å². The van der Waals surface area contributed by atoms with Gasteiger partial charge in [0.2, 0.25) is 0 Å². The molecule has 0 bridgehead atoms. The third-order valence-electron chi connectivity index (χ3n) is 3.20. The molecule has 2 aromatic carbocycles. The average Bonchev–Trinajstić information content (AvgIpc) is 2.58. The third-order valence-corrected chi connectivity index (χ3v) is 5.36. The van der Waals surface area contributed by atoms with Gasteiger partial charge in [0, 0.05) is 23.0 Å². The summed E-state index contributed by atoms with van der Waals surface area (Å²) in [5.74, 6) is -0.922. The highest BCUT2D eigenvalue weighted by atomic mass is 32.2. The first kappa shape index (κ1) is 19.9. The van der Waals surface area contributed by atoms with E-state index in [0.717, 1.165) is 36.2 Å². The van der Waals surface area contributed by atoms with Crippen molar-refractivity contribution in [1.29, 1.82) is 0 Å². The molecular formula is C16H14FNO6S2. The van der Waals surface area contributed by atoms with Gasteiger partial charge in [0.15, 0.2) is 9.84 Å². The number of ether oxygens (including phenoxy) is 1. The molecule has 0 unspecified atom stereocenters. The summed E-state index contributed by atoms with van der Waals surface area (Å²) in [6.07, 6.45) is 0.841. The zero-order valence-corrected chi connectivity index (χ0v) is 15.2. The normalized spacial score (nSPS) is 11.2. The van der Waals surface area contributed by atoms with Crippen LogP contribution in [0.25, 0.3) is 0 Å². The fraction of sp³-hybridized carbons (Fsp3) is 0.188. The minimum Gasteiger partial charge on any atom is -0.461 e. The molecule has 26 heavy (non-hydrogen) atoms. The molecule has 0 N–H and O–H groups in total. The highest BCUT2D eigenvalue weighted by Crippen LogP contribution is 2.25. The number of hydrogen-bond acceptors (Lipinski definition) is 7. The molecule has 0 saturated carbocycles. The SMILES string of the molecule is CS(=O)(=O)c1ccc(C(=O)OCCSc2ccccc2F)cc1[N+](=O)[O-]. The molecule has 0 fully saturated rings. The van der Waals surface area contributed by atoms with Crippen LogP contribution in [-0.4, -0.2) is 37.9 Å². The number of thioether (sulfide) groups is 1. The fourth-order valence-corrected chi connectivity index (χ4v) is 3.63. The van der Waals surface area contributed by atoms with Crippen molar-refractivity contribution in [2.24, 2.45) is 0 Å². The summed E-state index contributed by atoms with van der Waals surface area (Å²) in [5, 5.41) is 11.0. The van der Waals surface area contributed by atoms with Crippen molar-refractivity contribution < 1.29 is 27.3 Å². The number of nitro groups is 1. The minimum atomic E-state index is -3.81. The van der Waals surface area contributed by atoms with E-state index in [4.69, 9.17) is 4.74 Å². The van der Waals surface area contributed by atoms with Crippen LogP contribution in [0.4, 0.5) is 10.1 Å². The van der Waals surface area contributed by atoms with E-state index in [0.29, 0.717) is 4.90 Å². The number of esters is 1. The molecule has 0 aliphatic rings. The van der Waals surface area contributed by atoms with Gasteiger partial charge in [-0.1, -0.05) is 12.1 Å². The van der Waals surface area contributed by atoms with Crippen LogP contribution in [0.2, 0.25) is 0 Å². The topological polar surface area (TPSA) is 104 Å². The van der Waals surface area contributed by atoms with Crippen molar-refractivity contribution in [1.82, 2.24) is 0 Å². The van der Waals surface area contributed by atoms with Gasteiger partial charge in [0.25, 0.3) is 5.69 Å². The van der Waals surface area contributed by atoms with E-state index in [9.17, 15) is 27.7 Å². The van der Waals surface area contributed by atoms with Crippen LogP contribution < -0.4 is 0 Å². The van der Waals surface area contributed by atoms with E-state index >= 15 is 0 Å². The van der Waals surface area contributed by atoms with Crippen molar-refractivity contribution in [2.45, 2.75) is 9.79 Å². The molecule has 7 nitrogen and oxygen atoms in total. The van der Waals surface area contributed by atoms with E-state index in [1.54, 1.807) is 18.2 Å². The number of benzene rings is 2. The number of carbonyl (C=O) groups is 1. The van der Waals surface area contributed by atoms with Gasteiger partial charge in [-0.2, -0.15) is 0 Å². The van der Waals surface area contributed by atoms with Gasteiger partial charge >= 0.3 is 5.97 Å². The second-order valence-electron chi connectivity index (χ2n) is 5.13. The number of halogens is 1. The number of nitro benzene ring substituents is 1. The van der Waals surface area contributed by atoms with Crippen molar-refractivity contribution in [3.63, 3.8) is 0 Å². The van der Waals surface area contributed by atoms with Gasteiger partial charge < -0.3 is 4.74 Å². The standard InChI is InChI=1S/C16H14FNO6S2/c1-26(22,23)15-7-6-11(10-13(15)18(20)21)16(19)24-8-9-25-14-5-3-2-4-12(14)17/h2-7,10H,8-9H2,1H3. The van der Waals surface area contributed by atoms with Crippen LogP contribution in [0.3, 0.4) is 0 Å². The molecule has 0 amide bonds. The molecule has 0 radical (unpaired) electrons. The molecule has 0 heterocycles. The lowest BCUT2D eigenvalue weighted by molar-refractivity contribution is -0.387. The second-order valence-corrected chi connectivity index (χ2v) is 8.25. The predicted octanol–water partition coefficient (Wildman–Crippen LogP) is 3.09. The Morgan fingerprint density at radius 1 is 1.27 bits per heavy atom. The van der Waals surface area contributed by atoms with E-state index in [1.807, 2.05) is 0 Å². The number of rotatable bonds is 7. The van der Waals surface area contributed by atoms with E-state index in [1.165, 1.54) is 6.07 Å².